The standard InChI is InChI=1S/C10H14N2S/c1-7-8(4-5-10(13)12-7)9-3-2-6-11-9/h4-5,9,11H,2-3,6H2,1H3,(H,12,13)/t9-/m1/s1. The zero-order chi connectivity index (χ0) is 9.26. The Labute approximate surface area is 83.4 Å². The highest BCUT2D eigenvalue weighted by Gasteiger charge is 2.17. The molecular formula is C10H14N2S. The van der Waals surface area contributed by atoms with Gasteiger partial charge >= 0.3 is 0 Å². The van der Waals surface area contributed by atoms with Crippen molar-refractivity contribution >= 4 is 12.2 Å². The van der Waals surface area contributed by atoms with Crippen molar-refractivity contribution in [3.8, 4) is 0 Å². The summed E-state index contributed by atoms with van der Waals surface area (Å²) >= 11 is 5.06. The number of aromatic nitrogens is 1. The minimum Gasteiger partial charge on any atom is -0.350 e. The van der Waals surface area contributed by atoms with Gasteiger partial charge in [0.1, 0.15) is 4.64 Å². The maximum absolute atomic E-state index is 5.06. The van der Waals surface area contributed by atoms with E-state index in [2.05, 4.69) is 23.3 Å². The molecule has 2 rings (SSSR count). The predicted octanol–water partition coefficient (Wildman–Crippen LogP) is 2.48. The molecule has 0 aliphatic carbocycles. The van der Waals surface area contributed by atoms with Gasteiger partial charge in [-0.1, -0.05) is 18.3 Å². The Kier molecular flexibility index (Phi) is 2.47. The number of hydrogen-bond acceptors (Lipinski definition) is 2. The summed E-state index contributed by atoms with van der Waals surface area (Å²) < 4.78 is 0.819. The Balaban J connectivity index is 2.34. The number of H-pyrrole nitrogens is 1. The third-order valence-electron chi connectivity index (χ3n) is 2.59. The van der Waals surface area contributed by atoms with Crippen LogP contribution < -0.4 is 5.32 Å². The quantitative estimate of drug-likeness (QED) is 0.672. The lowest BCUT2D eigenvalue weighted by atomic mass is 10.0. The molecule has 1 atom stereocenters. The number of nitrogens with one attached hydrogen (secondary N) is 2. The summed E-state index contributed by atoms with van der Waals surface area (Å²) in [6.45, 7) is 3.23. The molecule has 1 fully saturated rings. The van der Waals surface area contributed by atoms with E-state index in [1.54, 1.807) is 0 Å². The van der Waals surface area contributed by atoms with E-state index < -0.39 is 0 Å². The molecule has 70 valence electrons. The maximum Gasteiger partial charge on any atom is 0.103 e. The van der Waals surface area contributed by atoms with Crippen LogP contribution in [0, 0.1) is 11.6 Å². The first kappa shape index (κ1) is 8.91. The van der Waals surface area contributed by atoms with Gasteiger partial charge in [-0.05, 0) is 37.9 Å². The van der Waals surface area contributed by atoms with Crippen molar-refractivity contribution in [1.29, 1.82) is 0 Å². The van der Waals surface area contributed by atoms with Gasteiger partial charge in [0.05, 0.1) is 0 Å². The lowest BCUT2D eigenvalue weighted by molar-refractivity contribution is 0.639. The smallest absolute Gasteiger partial charge is 0.103 e. The summed E-state index contributed by atoms with van der Waals surface area (Å²) in [5.41, 5.74) is 2.57. The second-order valence-electron chi connectivity index (χ2n) is 3.55. The second-order valence-corrected chi connectivity index (χ2v) is 3.99. The summed E-state index contributed by atoms with van der Waals surface area (Å²) in [7, 11) is 0. The molecule has 1 aliphatic rings. The van der Waals surface area contributed by atoms with E-state index in [4.69, 9.17) is 12.2 Å². The van der Waals surface area contributed by atoms with Crippen molar-refractivity contribution in [3.63, 3.8) is 0 Å². The van der Waals surface area contributed by atoms with Crippen LogP contribution in [0.15, 0.2) is 12.1 Å². The fourth-order valence-corrected chi connectivity index (χ4v) is 2.14. The molecule has 0 spiro atoms. The van der Waals surface area contributed by atoms with Crippen molar-refractivity contribution in [3.05, 3.63) is 28.0 Å². The largest absolute Gasteiger partial charge is 0.350 e. The Morgan fingerprint density at radius 1 is 1.46 bits per heavy atom. The van der Waals surface area contributed by atoms with E-state index in [-0.39, 0.29) is 0 Å². The van der Waals surface area contributed by atoms with E-state index in [0.717, 1.165) is 11.2 Å². The van der Waals surface area contributed by atoms with Gasteiger partial charge in [0.15, 0.2) is 0 Å². The van der Waals surface area contributed by atoms with Crippen LogP contribution in [-0.4, -0.2) is 11.5 Å². The van der Waals surface area contributed by atoms with E-state index in [0.29, 0.717) is 6.04 Å². The molecule has 0 saturated carbocycles. The van der Waals surface area contributed by atoms with Crippen LogP contribution in [0.4, 0.5) is 0 Å². The summed E-state index contributed by atoms with van der Waals surface area (Å²) in [6.07, 6.45) is 2.52. The Hall–Kier alpha value is -0.670. The van der Waals surface area contributed by atoms with Gasteiger partial charge in [-0.2, -0.15) is 0 Å². The fraction of sp³-hybridized carbons (Fsp3) is 0.500. The highest BCUT2D eigenvalue weighted by molar-refractivity contribution is 7.71. The Bertz CT molecular complexity index is 350. The van der Waals surface area contributed by atoms with Crippen LogP contribution in [0.25, 0.3) is 0 Å². The van der Waals surface area contributed by atoms with Crippen molar-refractivity contribution in [2.45, 2.75) is 25.8 Å². The SMILES string of the molecule is Cc1[nH]c(=S)ccc1[C@H]1CCCN1. The normalized spacial score (nSPS) is 22.1. The Morgan fingerprint density at radius 3 is 2.92 bits per heavy atom. The summed E-state index contributed by atoms with van der Waals surface area (Å²) in [5.74, 6) is 0. The summed E-state index contributed by atoms with van der Waals surface area (Å²) in [6, 6.07) is 4.64. The number of aromatic amines is 1. The molecule has 1 aromatic heterocycles. The zero-order valence-corrected chi connectivity index (χ0v) is 8.58. The van der Waals surface area contributed by atoms with Crippen LogP contribution in [0.3, 0.4) is 0 Å². The first-order valence-electron chi connectivity index (χ1n) is 4.70. The van der Waals surface area contributed by atoms with Crippen LogP contribution in [0.1, 0.15) is 30.1 Å². The summed E-state index contributed by atoms with van der Waals surface area (Å²) in [5, 5.41) is 3.48. The summed E-state index contributed by atoms with van der Waals surface area (Å²) in [4.78, 5) is 3.19. The van der Waals surface area contributed by atoms with Gasteiger partial charge in [0, 0.05) is 11.7 Å². The first-order chi connectivity index (χ1) is 6.27. The minimum absolute atomic E-state index is 0.534. The molecule has 0 unspecified atom stereocenters. The monoisotopic (exact) mass is 194 g/mol. The first-order valence-corrected chi connectivity index (χ1v) is 5.11. The highest BCUT2D eigenvalue weighted by Crippen LogP contribution is 2.24. The topological polar surface area (TPSA) is 27.8 Å². The average molecular weight is 194 g/mol. The third kappa shape index (κ3) is 1.81. The zero-order valence-electron chi connectivity index (χ0n) is 7.76. The second kappa shape index (κ2) is 3.60. The predicted molar refractivity (Wildman–Crippen MR) is 56.3 cm³/mol. The van der Waals surface area contributed by atoms with E-state index >= 15 is 0 Å². The minimum atomic E-state index is 0.534. The fourth-order valence-electron chi connectivity index (χ4n) is 1.92. The lowest BCUT2D eigenvalue weighted by Crippen LogP contribution is -2.14. The molecule has 0 amide bonds. The Morgan fingerprint density at radius 2 is 2.31 bits per heavy atom. The van der Waals surface area contributed by atoms with Crippen LogP contribution in [0.2, 0.25) is 0 Å². The third-order valence-corrected chi connectivity index (χ3v) is 2.83. The molecule has 0 aromatic carbocycles. The molecular weight excluding hydrogens is 180 g/mol. The molecule has 13 heavy (non-hydrogen) atoms. The van der Waals surface area contributed by atoms with Crippen LogP contribution >= 0.6 is 12.2 Å². The molecule has 1 aromatic rings. The van der Waals surface area contributed by atoms with Gasteiger partial charge in [0.25, 0.3) is 0 Å². The molecule has 1 aliphatic heterocycles. The lowest BCUT2D eigenvalue weighted by Gasteiger charge is -2.12. The molecule has 1 saturated heterocycles. The van der Waals surface area contributed by atoms with E-state index in [9.17, 15) is 0 Å². The number of aryl methyl sites for hydroxylation is 1. The molecule has 2 nitrogen and oxygen atoms in total. The highest BCUT2D eigenvalue weighted by atomic mass is 32.1. The van der Waals surface area contributed by atoms with Gasteiger partial charge in [-0.3, -0.25) is 0 Å². The molecule has 0 radical (unpaired) electrons. The van der Waals surface area contributed by atoms with Crippen LogP contribution in [0.5, 0.6) is 0 Å². The van der Waals surface area contributed by atoms with E-state index in [1.807, 2.05) is 6.07 Å². The number of pyridine rings is 1. The molecule has 0 bridgehead atoms. The van der Waals surface area contributed by atoms with Crippen LogP contribution in [-0.2, 0) is 0 Å². The number of hydrogen-bond donors (Lipinski definition) is 2. The van der Waals surface area contributed by atoms with Gasteiger partial charge in [-0.25, -0.2) is 0 Å². The van der Waals surface area contributed by atoms with Gasteiger partial charge < -0.3 is 10.3 Å². The molecule has 2 heterocycles. The van der Waals surface area contributed by atoms with Gasteiger partial charge in [-0.15, -0.1) is 0 Å². The molecule has 2 N–H and O–H groups in total. The van der Waals surface area contributed by atoms with Gasteiger partial charge in [0.2, 0.25) is 0 Å². The maximum atomic E-state index is 5.06. The van der Waals surface area contributed by atoms with Crippen molar-refractivity contribution in [1.82, 2.24) is 10.3 Å². The van der Waals surface area contributed by atoms with Crippen molar-refractivity contribution in [2.24, 2.45) is 0 Å². The van der Waals surface area contributed by atoms with Crippen molar-refractivity contribution in [2.75, 3.05) is 6.54 Å². The average Bonchev–Trinajstić information content (AvgIpc) is 2.56. The number of rotatable bonds is 1. The molecule has 3 heteroatoms. The van der Waals surface area contributed by atoms with E-state index in [1.165, 1.54) is 24.1 Å². The van der Waals surface area contributed by atoms with Crippen molar-refractivity contribution < 1.29 is 0 Å².